The summed E-state index contributed by atoms with van der Waals surface area (Å²) in [7, 11) is 0. The first-order valence-corrected chi connectivity index (χ1v) is 6.83. The number of carbonyl (C=O) groups is 1. The van der Waals surface area contributed by atoms with Gasteiger partial charge in [0, 0.05) is 22.2 Å². The van der Waals surface area contributed by atoms with Gasteiger partial charge in [-0.1, -0.05) is 15.9 Å². The minimum absolute atomic E-state index is 0.169. The number of hydrogen-bond donors (Lipinski definition) is 3. The van der Waals surface area contributed by atoms with Crippen LogP contribution in [-0.4, -0.2) is 18.0 Å². The fourth-order valence-electron chi connectivity index (χ4n) is 2.18. The maximum Gasteiger partial charge on any atom is 0.250 e. The number of anilines is 1. The molecule has 1 fully saturated rings. The average Bonchev–Trinajstić information content (AvgIpc) is 3.15. The number of nitrogens with one attached hydrogen (secondary N) is 1. The van der Waals surface area contributed by atoms with Crippen LogP contribution in [-0.2, 0) is 0 Å². The van der Waals surface area contributed by atoms with E-state index in [0.29, 0.717) is 18.0 Å². The number of carbonyl (C=O) groups excluding carboxylic acids is 1. The van der Waals surface area contributed by atoms with Crippen LogP contribution in [0.3, 0.4) is 0 Å². The van der Waals surface area contributed by atoms with Gasteiger partial charge in [0.2, 0.25) is 0 Å². The molecular formula is C13H18BrN3O. The number of benzene rings is 1. The van der Waals surface area contributed by atoms with E-state index in [9.17, 15) is 4.79 Å². The quantitative estimate of drug-likeness (QED) is 0.778. The van der Waals surface area contributed by atoms with Gasteiger partial charge in [-0.3, -0.25) is 4.79 Å². The molecule has 18 heavy (non-hydrogen) atoms. The van der Waals surface area contributed by atoms with Gasteiger partial charge in [0.05, 0.1) is 5.56 Å². The maximum absolute atomic E-state index is 11.5. The lowest BCUT2D eigenvalue weighted by atomic mass is 9.95. The normalized spacial score (nSPS) is 18.2. The molecule has 0 heterocycles. The van der Waals surface area contributed by atoms with E-state index in [1.165, 1.54) is 12.8 Å². The van der Waals surface area contributed by atoms with Gasteiger partial charge in [0.1, 0.15) is 0 Å². The van der Waals surface area contributed by atoms with Crippen molar-refractivity contribution < 1.29 is 4.79 Å². The van der Waals surface area contributed by atoms with Crippen molar-refractivity contribution in [2.45, 2.75) is 25.3 Å². The van der Waals surface area contributed by atoms with E-state index < -0.39 is 5.91 Å². The van der Waals surface area contributed by atoms with Gasteiger partial charge < -0.3 is 16.8 Å². The Morgan fingerprint density at radius 3 is 2.72 bits per heavy atom. The molecule has 1 amide bonds. The van der Waals surface area contributed by atoms with Crippen molar-refractivity contribution >= 4 is 27.5 Å². The first kappa shape index (κ1) is 13.4. The number of halogens is 1. The van der Waals surface area contributed by atoms with Gasteiger partial charge in [-0.15, -0.1) is 0 Å². The predicted octanol–water partition coefficient (Wildman–Crippen LogP) is 2.09. The zero-order valence-electron chi connectivity index (χ0n) is 10.4. The Morgan fingerprint density at radius 2 is 2.22 bits per heavy atom. The topological polar surface area (TPSA) is 81.1 Å². The number of rotatable bonds is 5. The van der Waals surface area contributed by atoms with E-state index in [0.717, 1.165) is 10.2 Å². The standard InChI is InChI=1S/C13H18BrN3O/c1-13(7-15,8-2-3-8)17-11-5-4-9(14)6-10(11)12(16)18/h4-6,8,17H,2-3,7,15H2,1H3,(H2,16,18). The number of primary amides is 1. The number of amides is 1. The summed E-state index contributed by atoms with van der Waals surface area (Å²) < 4.78 is 0.836. The molecule has 1 aromatic carbocycles. The lowest BCUT2D eigenvalue weighted by molar-refractivity contribution is 0.100. The third-order valence-electron chi connectivity index (χ3n) is 3.57. The molecule has 0 aromatic heterocycles. The molecule has 0 bridgehead atoms. The molecule has 1 saturated carbocycles. The smallest absolute Gasteiger partial charge is 0.250 e. The highest BCUT2D eigenvalue weighted by Crippen LogP contribution is 2.41. The van der Waals surface area contributed by atoms with Gasteiger partial charge in [0.15, 0.2) is 0 Å². The SMILES string of the molecule is CC(CN)(Nc1ccc(Br)cc1C(N)=O)C1CC1. The van der Waals surface area contributed by atoms with Crippen molar-refractivity contribution in [3.05, 3.63) is 28.2 Å². The first-order chi connectivity index (χ1) is 8.46. The summed E-state index contributed by atoms with van der Waals surface area (Å²) in [6, 6.07) is 5.48. The fourth-order valence-corrected chi connectivity index (χ4v) is 2.54. The van der Waals surface area contributed by atoms with Crippen LogP contribution in [0, 0.1) is 5.92 Å². The van der Waals surface area contributed by atoms with Gasteiger partial charge in [-0.05, 0) is 43.9 Å². The minimum atomic E-state index is -0.436. The van der Waals surface area contributed by atoms with E-state index in [1.54, 1.807) is 6.07 Å². The third-order valence-corrected chi connectivity index (χ3v) is 4.06. The largest absolute Gasteiger partial charge is 0.378 e. The molecular weight excluding hydrogens is 294 g/mol. The van der Waals surface area contributed by atoms with E-state index in [1.807, 2.05) is 12.1 Å². The molecule has 5 heteroatoms. The summed E-state index contributed by atoms with van der Waals surface area (Å²) in [6.07, 6.45) is 2.37. The van der Waals surface area contributed by atoms with Crippen molar-refractivity contribution in [1.29, 1.82) is 0 Å². The minimum Gasteiger partial charge on any atom is -0.378 e. The van der Waals surface area contributed by atoms with E-state index >= 15 is 0 Å². The van der Waals surface area contributed by atoms with Crippen LogP contribution in [0.5, 0.6) is 0 Å². The molecule has 4 nitrogen and oxygen atoms in total. The van der Waals surface area contributed by atoms with Crippen molar-refractivity contribution in [2.24, 2.45) is 17.4 Å². The lowest BCUT2D eigenvalue weighted by Gasteiger charge is -2.31. The molecule has 98 valence electrons. The fraction of sp³-hybridized carbons (Fsp3) is 0.462. The zero-order chi connectivity index (χ0) is 13.3. The summed E-state index contributed by atoms with van der Waals surface area (Å²) in [5.74, 6) is 0.140. The molecule has 0 spiro atoms. The molecule has 1 aliphatic carbocycles. The summed E-state index contributed by atoms with van der Waals surface area (Å²) in [4.78, 5) is 11.5. The van der Waals surface area contributed by atoms with Crippen LogP contribution in [0.4, 0.5) is 5.69 Å². The van der Waals surface area contributed by atoms with Crippen LogP contribution in [0.1, 0.15) is 30.1 Å². The second-order valence-corrected chi connectivity index (χ2v) is 5.99. The zero-order valence-corrected chi connectivity index (χ0v) is 12.0. The molecule has 1 atom stereocenters. The molecule has 1 aromatic rings. The summed E-state index contributed by atoms with van der Waals surface area (Å²) in [6.45, 7) is 2.63. The number of nitrogens with two attached hydrogens (primary N) is 2. The van der Waals surface area contributed by atoms with Crippen molar-refractivity contribution in [3.8, 4) is 0 Å². The highest BCUT2D eigenvalue weighted by atomic mass is 79.9. The first-order valence-electron chi connectivity index (χ1n) is 6.04. The van der Waals surface area contributed by atoms with Crippen molar-refractivity contribution in [1.82, 2.24) is 0 Å². The molecule has 1 aliphatic rings. The Bertz CT molecular complexity index is 473. The second-order valence-electron chi connectivity index (χ2n) is 5.08. The van der Waals surface area contributed by atoms with Crippen LogP contribution in [0.15, 0.2) is 22.7 Å². The van der Waals surface area contributed by atoms with Crippen LogP contribution in [0.2, 0.25) is 0 Å². The molecule has 0 aliphatic heterocycles. The van der Waals surface area contributed by atoms with Crippen LogP contribution >= 0.6 is 15.9 Å². The Labute approximate surface area is 115 Å². The number of hydrogen-bond acceptors (Lipinski definition) is 3. The van der Waals surface area contributed by atoms with Gasteiger partial charge in [0.25, 0.3) is 5.91 Å². The Hall–Kier alpha value is -1.07. The monoisotopic (exact) mass is 311 g/mol. The highest BCUT2D eigenvalue weighted by molar-refractivity contribution is 9.10. The molecule has 2 rings (SSSR count). The lowest BCUT2D eigenvalue weighted by Crippen LogP contribution is -2.45. The van der Waals surface area contributed by atoms with E-state index in [2.05, 4.69) is 28.2 Å². The Kier molecular flexibility index (Phi) is 3.64. The average molecular weight is 312 g/mol. The Morgan fingerprint density at radius 1 is 1.56 bits per heavy atom. The summed E-state index contributed by atoms with van der Waals surface area (Å²) in [5.41, 5.74) is 12.3. The van der Waals surface area contributed by atoms with E-state index in [4.69, 9.17) is 11.5 Å². The van der Waals surface area contributed by atoms with Gasteiger partial charge in [-0.2, -0.15) is 0 Å². The summed E-state index contributed by atoms with van der Waals surface area (Å²) in [5, 5.41) is 3.40. The predicted molar refractivity (Wildman–Crippen MR) is 76.5 cm³/mol. The van der Waals surface area contributed by atoms with Crippen LogP contribution in [0.25, 0.3) is 0 Å². The molecule has 1 unspecified atom stereocenters. The summed E-state index contributed by atoms with van der Waals surface area (Å²) >= 11 is 3.34. The van der Waals surface area contributed by atoms with Crippen molar-refractivity contribution in [3.63, 3.8) is 0 Å². The van der Waals surface area contributed by atoms with Gasteiger partial charge in [-0.25, -0.2) is 0 Å². The van der Waals surface area contributed by atoms with Crippen LogP contribution < -0.4 is 16.8 Å². The molecule has 0 saturated heterocycles. The highest BCUT2D eigenvalue weighted by Gasteiger charge is 2.40. The van der Waals surface area contributed by atoms with Gasteiger partial charge >= 0.3 is 0 Å². The molecule has 5 N–H and O–H groups in total. The Balaban J connectivity index is 2.30. The van der Waals surface area contributed by atoms with Crippen molar-refractivity contribution in [2.75, 3.05) is 11.9 Å². The third kappa shape index (κ3) is 2.67. The maximum atomic E-state index is 11.5. The second kappa shape index (κ2) is 4.90. The molecule has 0 radical (unpaired) electrons. The van der Waals surface area contributed by atoms with E-state index in [-0.39, 0.29) is 5.54 Å².